The summed E-state index contributed by atoms with van der Waals surface area (Å²) >= 11 is 0. The lowest BCUT2D eigenvalue weighted by atomic mass is 10.2. The van der Waals surface area contributed by atoms with Crippen molar-refractivity contribution in [2.24, 2.45) is 0 Å². The zero-order chi connectivity index (χ0) is 15.3. The van der Waals surface area contributed by atoms with Gasteiger partial charge in [0, 0.05) is 38.3 Å². The molecule has 0 saturated carbocycles. The Labute approximate surface area is 120 Å². The summed E-state index contributed by atoms with van der Waals surface area (Å²) in [6.07, 6.45) is -0.0486. The molecule has 0 aliphatic rings. The van der Waals surface area contributed by atoms with E-state index in [9.17, 15) is 13.2 Å². The third-order valence-corrected chi connectivity index (χ3v) is 2.93. The van der Waals surface area contributed by atoms with Crippen LogP contribution in [0.3, 0.4) is 0 Å². The first kappa shape index (κ1) is 15.4. The van der Waals surface area contributed by atoms with E-state index in [-0.39, 0.29) is 0 Å². The molecule has 2 rings (SSSR count). The number of hydrogen-bond acceptors (Lipinski definition) is 3. The molecule has 0 bridgehead atoms. The molecule has 21 heavy (non-hydrogen) atoms. The molecule has 114 valence electrons. The maximum atomic E-state index is 12.5. The van der Waals surface area contributed by atoms with E-state index >= 15 is 0 Å². The normalized spacial score (nSPS) is 11.6. The van der Waals surface area contributed by atoms with Crippen molar-refractivity contribution in [1.82, 2.24) is 9.55 Å². The van der Waals surface area contributed by atoms with E-state index in [0.29, 0.717) is 18.2 Å². The highest BCUT2D eigenvalue weighted by Crippen LogP contribution is 2.30. The monoisotopic (exact) mass is 299 g/mol. The summed E-state index contributed by atoms with van der Waals surface area (Å²) in [4.78, 5) is 4.15. The molecule has 1 aromatic carbocycles. The van der Waals surface area contributed by atoms with E-state index in [1.807, 2.05) is 10.8 Å². The van der Waals surface area contributed by atoms with E-state index in [4.69, 9.17) is 4.74 Å². The van der Waals surface area contributed by atoms with Crippen molar-refractivity contribution in [2.45, 2.75) is 19.1 Å². The van der Waals surface area contributed by atoms with Crippen LogP contribution in [0.4, 0.5) is 24.8 Å². The highest BCUT2D eigenvalue weighted by molar-refractivity contribution is 5.54. The number of ether oxygens (including phenoxy) is 1. The van der Waals surface area contributed by atoms with Crippen LogP contribution < -0.4 is 5.32 Å². The van der Waals surface area contributed by atoms with Crippen LogP contribution in [0.15, 0.2) is 36.7 Å². The minimum absolute atomic E-state index is 0.558. The Morgan fingerprint density at radius 2 is 1.95 bits per heavy atom. The Morgan fingerprint density at radius 3 is 2.57 bits per heavy atom. The summed E-state index contributed by atoms with van der Waals surface area (Å²) in [6, 6.07) is 4.86. The van der Waals surface area contributed by atoms with E-state index in [1.165, 1.54) is 12.1 Å². The van der Waals surface area contributed by atoms with Gasteiger partial charge in [0.15, 0.2) is 0 Å². The average Bonchev–Trinajstić information content (AvgIpc) is 2.86. The van der Waals surface area contributed by atoms with Gasteiger partial charge in [-0.25, -0.2) is 4.98 Å². The summed E-state index contributed by atoms with van der Waals surface area (Å²) in [5, 5.41) is 3.00. The third-order valence-electron chi connectivity index (χ3n) is 2.93. The second-order valence-corrected chi connectivity index (χ2v) is 4.49. The number of hydrogen-bond donors (Lipinski definition) is 1. The standard InChI is InChI=1S/C14H16F3N3O/c1-21-10-2-8-20-9-7-18-13(20)19-12-5-3-11(4-6-12)14(15,16)17/h3-7,9H,2,8,10H2,1H3,(H,18,19). The van der Waals surface area contributed by atoms with Gasteiger partial charge in [-0.1, -0.05) is 0 Å². The Hall–Kier alpha value is -2.02. The highest BCUT2D eigenvalue weighted by atomic mass is 19.4. The minimum atomic E-state index is -4.32. The van der Waals surface area contributed by atoms with Gasteiger partial charge in [-0.05, 0) is 30.7 Å². The molecule has 1 N–H and O–H groups in total. The molecule has 0 unspecified atom stereocenters. The molecule has 0 spiro atoms. The van der Waals surface area contributed by atoms with Crippen LogP contribution in [0.1, 0.15) is 12.0 Å². The molecule has 1 heterocycles. The highest BCUT2D eigenvalue weighted by Gasteiger charge is 2.29. The summed E-state index contributed by atoms with van der Waals surface area (Å²) in [7, 11) is 1.63. The second-order valence-electron chi connectivity index (χ2n) is 4.49. The van der Waals surface area contributed by atoms with Crippen LogP contribution in [0.5, 0.6) is 0 Å². The smallest absolute Gasteiger partial charge is 0.385 e. The molecule has 7 heteroatoms. The lowest BCUT2D eigenvalue weighted by Gasteiger charge is -2.11. The molecule has 0 saturated heterocycles. The lowest BCUT2D eigenvalue weighted by molar-refractivity contribution is -0.137. The first-order valence-corrected chi connectivity index (χ1v) is 6.45. The Bertz CT molecular complexity index is 564. The number of nitrogens with one attached hydrogen (secondary N) is 1. The quantitative estimate of drug-likeness (QED) is 0.827. The number of aromatic nitrogens is 2. The van der Waals surface area contributed by atoms with Crippen LogP contribution >= 0.6 is 0 Å². The summed E-state index contributed by atoms with van der Waals surface area (Å²) in [6.45, 7) is 1.36. The van der Waals surface area contributed by atoms with Crippen molar-refractivity contribution in [1.29, 1.82) is 0 Å². The molecule has 0 fully saturated rings. The number of halogens is 3. The molecular formula is C14H16F3N3O. The fourth-order valence-corrected chi connectivity index (χ4v) is 1.86. The molecule has 1 aromatic heterocycles. The largest absolute Gasteiger partial charge is 0.416 e. The average molecular weight is 299 g/mol. The first-order valence-electron chi connectivity index (χ1n) is 6.45. The van der Waals surface area contributed by atoms with Gasteiger partial charge in [0.05, 0.1) is 5.56 Å². The number of imidazole rings is 1. The van der Waals surface area contributed by atoms with E-state index < -0.39 is 11.7 Å². The number of anilines is 2. The number of aryl methyl sites for hydroxylation is 1. The predicted molar refractivity (Wildman–Crippen MR) is 73.4 cm³/mol. The van der Waals surface area contributed by atoms with Crippen LogP contribution in [-0.2, 0) is 17.5 Å². The van der Waals surface area contributed by atoms with Gasteiger partial charge in [0.2, 0.25) is 5.95 Å². The van der Waals surface area contributed by atoms with Gasteiger partial charge in [-0.2, -0.15) is 13.2 Å². The first-order chi connectivity index (χ1) is 10.0. The van der Waals surface area contributed by atoms with Crippen molar-refractivity contribution in [3.8, 4) is 0 Å². The maximum Gasteiger partial charge on any atom is 0.416 e. The van der Waals surface area contributed by atoms with Crippen molar-refractivity contribution < 1.29 is 17.9 Å². The zero-order valence-corrected chi connectivity index (χ0v) is 11.5. The van der Waals surface area contributed by atoms with Crippen LogP contribution in [0.25, 0.3) is 0 Å². The van der Waals surface area contributed by atoms with Gasteiger partial charge < -0.3 is 14.6 Å². The predicted octanol–water partition coefficient (Wildman–Crippen LogP) is 3.68. The van der Waals surface area contributed by atoms with Gasteiger partial charge in [-0.15, -0.1) is 0 Å². The number of nitrogens with zero attached hydrogens (tertiary/aromatic N) is 2. The van der Waals surface area contributed by atoms with Crippen LogP contribution in [0.2, 0.25) is 0 Å². The molecule has 2 aromatic rings. The molecule has 4 nitrogen and oxygen atoms in total. The topological polar surface area (TPSA) is 39.1 Å². The molecule has 0 radical (unpaired) electrons. The molecule has 0 amide bonds. The van der Waals surface area contributed by atoms with Crippen molar-refractivity contribution in [3.05, 3.63) is 42.2 Å². The van der Waals surface area contributed by atoms with Gasteiger partial charge in [0.25, 0.3) is 0 Å². The van der Waals surface area contributed by atoms with Gasteiger partial charge >= 0.3 is 6.18 Å². The zero-order valence-electron chi connectivity index (χ0n) is 11.5. The number of rotatable bonds is 6. The Kier molecular flexibility index (Phi) is 4.85. The summed E-state index contributed by atoms with van der Waals surface area (Å²) in [5.41, 5.74) is -0.112. The molecular weight excluding hydrogens is 283 g/mol. The van der Waals surface area contributed by atoms with E-state index in [2.05, 4.69) is 10.3 Å². The maximum absolute atomic E-state index is 12.5. The fraction of sp³-hybridized carbons (Fsp3) is 0.357. The Morgan fingerprint density at radius 1 is 1.24 bits per heavy atom. The minimum Gasteiger partial charge on any atom is -0.385 e. The van der Waals surface area contributed by atoms with Crippen LogP contribution in [0, 0.1) is 0 Å². The summed E-state index contributed by atoms with van der Waals surface area (Å²) < 4.78 is 44.3. The molecule has 0 aliphatic carbocycles. The number of alkyl halides is 3. The number of benzene rings is 1. The fourth-order valence-electron chi connectivity index (χ4n) is 1.86. The van der Waals surface area contributed by atoms with E-state index in [0.717, 1.165) is 25.1 Å². The molecule has 0 aliphatic heterocycles. The third kappa shape index (κ3) is 4.22. The van der Waals surface area contributed by atoms with Crippen LogP contribution in [-0.4, -0.2) is 23.3 Å². The van der Waals surface area contributed by atoms with E-state index in [1.54, 1.807) is 13.3 Å². The van der Waals surface area contributed by atoms with Crippen molar-refractivity contribution in [3.63, 3.8) is 0 Å². The van der Waals surface area contributed by atoms with Crippen molar-refractivity contribution in [2.75, 3.05) is 19.0 Å². The van der Waals surface area contributed by atoms with Crippen molar-refractivity contribution >= 4 is 11.6 Å². The molecule has 0 atom stereocenters. The SMILES string of the molecule is COCCCn1ccnc1Nc1ccc(C(F)(F)F)cc1. The lowest BCUT2D eigenvalue weighted by Crippen LogP contribution is -2.06. The Balaban J connectivity index is 2.03. The second kappa shape index (κ2) is 6.62. The van der Waals surface area contributed by atoms with Gasteiger partial charge in [0.1, 0.15) is 0 Å². The number of methoxy groups -OCH3 is 1. The summed E-state index contributed by atoms with van der Waals surface area (Å²) in [5.74, 6) is 0.589. The van der Waals surface area contributed by atoms with Gasteiger partial charge in [-0.3, -0.25) is 0 Å².